The number of carbonyl (C=O) groups excluding carboxylic acids is 2. The molecule has 0 N–H and O–H groups in total. The number of rotatable bonds is 1. The largest absolute Gasteiger partial charge is 0.461 e. The molecule has 120 valence electrons. The fourth-order valence-electron chi connectivity index (χ4n) is 4.59. The molecular formula is C18H24O4. The first kappa shape index (κ1) is 15.3. The minimum atomic E-state index is -0.251. The van der Waals surface area contributed by atoms with Gasteiger partial charge in [0.1, 0.15) is 12.2 Å². The van der Waals surface area contributed by atoms with Crippen LogP contribution in [0, 0.1) is 17.3 Å². The van der Waals surface area contributed by atoms with E-state index < -0.39 is 0 Å². The van der Waals surface area contributed by atoms with Crippen LogP contribution in [0.3, 0.4) is 0 Å². The standard InChI is InChI=1S/C18H24O4/c1-9-6-16(21-12(4)19)18(5)10(2)7-15-13(8-14(9)18)11(3)17(20)22-15/h10,13,15-16H,3,6-8H2,1-2,4-5H3/t10-,13+,15-,16?,18-/m0/s1. The lowest BCUT2D eigenvalue weighted by Crippen LogP contribution is -2.39. The summed E-state index contributed by atoms with van der Waals surface area (Å²) in [5.41, 5.74) is 3.04. The van der Waals surface area contributed by atoms with Crippen molar-refractivity contribution in [1.82, 2.24) is 0 Å². The number of ether oxygens (including phenoxy) is 2. The maximum atomic E-state index is 11.8. The Morgan fingerprint density at radius 2 is 2.09 bits per heavy atom. The third-order valence-corrected chi connectivity index (χ3v) is 6.08. The predicted molar refractivity (Wildman–Crippen MR) is 81.9 cm³/mol. The minimum Gasteiger partial charge on any atom is -0.461 e. The normalized spacial score (nSPS) is 40.9. The number of hydrogen-bond donors (Lipinski definition) is 0. The average Bonchev–Trinajstić information content (AvgIpc) is 2.76. The van der Waals surface area contributed by atoms with E-state index in [4.69, 9.17) is 9.47 Å². The van der Waals surface area contributed by atoms with Crippen molar-refractivity contribution in [3.05, 3.63) is 23.3 Å². The van der Waals surface area contributed by atoms with Gasteiger partial charge in [-0.15, -0.1) is 0 Å². The summed E-state index contributed by atoms with van der Waals surface area (Å²) < 4.78 is 11.2. The molecule has 1 heterocycles. The van der Waals surface area contributed by atoms with Crippen LogP contribution in [-0.4, -0.2) is 24.1 Å². The Labute approximate surface area is 131 Å². The van der Waals surface area contributed by atoms with Crippen LogP contribution in [0.4, 0.5) is 0 Å². The zero-order valence-electron chi connectivity index (χ0n) is 13.8. The van der Waals surface area contributed by atoms with E-state index in [1.54, 1.807) is 0 Å². The Kier molecular flexibility index (Phi) is 3.46. The monoisotopic (exact) mass is 304 g/mol. The van der Waals surface area contributed by atoms with Crippen molar-refractivity contribution in [3.8, 4) is 0 Å². The highest BCUT2D eigenvalue weighted by Gasteiger charge is 2.55. The molecule has 0 aromatic carbocycles. The molecule has 4 heteroatoms. The van der Waals surface area contributed by atoms with E-state index in [0.717, 1.165) is 19.3 Å². The highest BCUT2D eigenvalue weighted by Crippen LogP contribution is 2.57. The molecule has 2 aliphatic carbocycles. The fourth-order valence-corrected chi connectivity index (χ4v) is 4.59. The third kappa shape index (κ3) is 2.03. The molecule has 3 aliphatic rings. The molecular weight excluding hydrogens is 280 g/mol. The predicted octanol–water partition coefficient (Wildman–Crippen LogP) is 3.17. The molecule has 0 spiro atoms. The lowest BCUT2D eigenvalue weighted by Gasteiger charge is -2.38. The van der Waals surface area contributed by atoms with E-state index in [1.165, 1.54) is 18.1 Å². The summed E-state index contributed by atoms with van der Waals surface area (Å²) in [6.07, 6.45) is 2.17. The molecule has 0 aromatic heterocycles. The summed E-state index contributed by atoms with van der Waals surface area (Å²) >= 11 is 0. The van der Waals surface area contributed by atoms with Crippen molar-refractivity contribution >= 4 is 11.9 Å². The number of carbonyl (C=O) groups is 2. The van der Waals surface area contributed by atoms with Crippen LogP contribution in [0.1, 0.15) is 47.0 Å². The van der Waals surface area contributed by atoms with Crippen LogP contribution in [0.25, 0.3) is 0 Å². The van der Waals surface area contributed by atoms with Crippen molar-refractivity contribution in [3.63, 3.8) is 0 Å². The van der Waals surface area contributed by atoms with Crippen LogP contribution in [0.15, 0.2) is 23.3 Å². The van der Waals surface area contributed by atoms with Crippen LogP contribution in [-0.2, 0) is 19.1 Å². The molecule has 4 nitrogen and oxygen atoms in total. The van der Waals surface area contributed by atoms with E-state index in [9.17, 15) is 9.59 Å². The first-order chi connectivity index (χ1) is 10.2. The van der Waals surface area contributed by atoms with Gasteiger partial charge in [0.25, 0.3) is 0 Å². The molecule has 22 heavy (non-hydrogen) atoms. The van der Waals surface area contributed by atoms with Gasteiger partial charge >= 0.3 is 11.9 Å². The Hall–Kier alpha value is -1.58. The van der Waals surface area contributed by atoms with E-state index in [0.29, 0.717) is 5.57 Å². The molecule has 2 fully saturated rings. The average molecular weight is 304 g/mol. The van der Waals surface area contributed by atoms with Gasteiger partial charge in [-0.1, -0.05) is 31.6 Å². The summed E-state index contributed by atoms with van der Waals surface area (Å²) in [4.78, 5) is 23.3. The second-order valence-corrected chi connectivity index (χ2v) is 7.26. The molecule has 1 saturated carbocycles. The molecule has 0 bridgehead atoms. The highest BCUT2D eigenvalue weighted by molar-refractivity contribution is 5.91. The van der Waals surface area contributed by atoms with Crippen molar-refractivity contribution in [1.29, 1.82) is 0 Å². The van der Waals surface area contributed by atoms with Gasteiger partial charge < -0.3 is 9.47 Å². The van der Waals surface area contributed by atoms with Crippen LogP contribution in [0.5, 0.6) is 0 Å². The first-order valence-corrected chi connectivity index (χ1v) is 8.01. The molecule has 0 aromatic rings. The summed E-state index contributed by atoms with van der Waals surface area (Å²) in [6.45, 7) is 11.9. The van der Waals surface area contributed by atoms with Gasteiger partial charge in [0.15, 0.2) is 0 Å². The van der Waals surface area contributed by atoms with Crippen LogP contribution >= 0.6 is 0 Å². The quantitative estimate of drug-likeness (QED) is 0.424. The van der Waals surface area contributed by atoms with Gasteiger partial charge in [0.05, 0.1) is 0 Å². The summed E-state index contributed by atoms with van der Waals surface area (Å²) in [7, 11) is 0. The Morgan fingerprint density at radius 3 is 2.73 bits per heavy atom. The molecule has 5 atom stereocenters. The number of esters is 2. The minimum absolute atomic E-state index is 0.0674. The van der Waals surface area contributed by atoms with Crippen molar-refractivity contribution in [2.45, 2.75) is 59.2 Å². The van der Waals surface area contributed by atoms with Crippen molar-refractivity contribution in [2.24, 2.45) is 17.3 Å². The topological polar surface area (TPSA) is 52.6 Å². The molecule has 0 amide bonds. The third-order valence-electron chi connectivity index (χ3n) is 6.08. The molecule has 1 unspecified atom stereocenters. The fraction of sp³-hybridized carbons (Fsp3) is 0.667. The Bertz CT molecular complexity index is 588. The van der Waals surface area contributed by atoms with E-state index in [2.05, 4.69) is 27.4 Å². The number of fused-ring (bicyclic) bond motifs is 2. The van der Waals surface area contributed by atoms with Gasteiger partial charge in [-0.25, -0.2) is 4.79 Å². The van der Waals surface area contributed by atoms with Gasteiger partial charge in [0.2, 0.25) is 0 Å². The Balaban J connectivity index is 1.99. The zero-order valence-corrected chi connectivity index (χ0v) is 13.8. The van der Waals surface area contributed by atoms with Gasteiger partial charge in [0, 0.05) is 30.3 Å². The molecule has 1 saturated heterocycles. The maximum absolute atomic E-state index is 11.8. The molecule has 0 radical (unpaired) electrons. The lowest BCUT2D eigenvalue weighted by molar-refractivity contribution is -0.152. The highest BCUT2D eigenvalue weighted by atomic mass is 16.6. The second-order valence-electron chi connectivity index (χ2n) is 7.26. The van der Waals surface area contributed by atoms with E-state index in [-0.39, 0.29) is 41.4 Å². The lowest BCUT2D eigenvalue weighted by atomic mass is 9.70. The zero-order chi connectivity index (χ0) is 16.2. The van der Waals surface area contributed by atoms with Crippen molar-refractivity contribution < 1.29 is 19.1 Å². The van der Waals surface area contributed by atoms with Gasteiger partial charge in [-0.2, -0.15) is 0 Å². The Morgan fingerprint density at radius 1 is 1.41 bits per heavy atom. The summed E-state index contributed by atoms with van der Waals surface area (Å²) in [6, 6.07) is 0. The maximum Gasteiger partial charge on any atom is 0.334 e. The smallest absolute Gasteiger partial charge is 0.334 e. The SMILES string of the molecule is C=C1C(=O)O[C@H]2C[C@H](C)[C@@]3(C)C(=C(C)CC3OC(C)=O)C[C@H]12. The van der Waals surface area contributed by atoms with Crippen LogP contribution < -0.4 is 0 Å². The van der Waals surface area contributed by atoms with Gasteiger partial charge in [-0.3, -0.25) is 4.79 Å². The van der Waals surface area contributed by atoms with Crippen molar-refractivity contribution in [2.75, 3.05) is 0 Å². The summed E-state index contributed by atoms with van der Waals surface area (Å²) in [5, 5.41) is 0. The van der Waals surface area contributed by atoms with E-state index >= 15 is 0 Å². The first-order valence-electron chi connectivity index (χ1n) is 8.01. The van der Waals surface area contributed by atoms with E-state index in [1.807, 2.05) is 0 Å². The summed E-state index contributed by atoms with van der Waals surface area (Å²) in [5.74, 6) is -0.137. The molecule has 1 aliphatic heterocycles. The molecule has 3 rings (SSSR count). The van der Waals surface area contributed by atoms with Gasteiger partial charge in [-0.05, 0) is 25.7 Å². The number of hydrogen-bond acceptors (Lipinski definition) is 4. The van der Waals surface area contributed by atoms with Crippen LogP contribution in [0.2, 0.25) is 0 Å². The second kappa shape index (κ2) is 4.97.